The Bertz CT molecular complexity index is 1510. The molecule has 9 heteroatoms. The molecule has 6 aliphatic rings. The number of ether oxygens (including phenoxy) is 1. The van der Waals surface area contributed by atoms with Crippen molar-refractivity contribution in [3.8, 4) is 0 Å². The molecule has 9 atom stereocenters. The van der Waals surface area contributed by atoms with Gasteiger partial charge in [0.05, 0.1) is 17.9 Å². The second-order valence-corrected chi connectivity index (χ2v) is 20.4. The zero-order valence-corrected chi connectivity index (χ0v) is 33.9. The summed E-state index contributed by atoms with van der Waals surface area (Å²) >= 11 is 0. The molecule has 0 aromatic carbocycles. The van der Waals surface area contributed by atoms with Gasteiger partial charge in [-0.05, 0) is 111 Å². The van der Waals surface area contributed by atoms with Gasteiger partial charge in [0.15, 0.2) is 5.78 Å². The van der Waals surface area contributed by atoms with Crippen molar-refractivity contribution < 1.29 is 34.1 Å². The number of amides is 1. The zero-order valence-electron chi connectivity index (χ0n) is 33.9. The largest absolute Gasteiger partial charge is 0.481 e. The second kappa shape index (κ2) is 13.2. The fourth-order valence-electron chi connectivity index (χ4n) is 13.6. The lowest BCUT2D eigenvalue weighted by atomic mass is 9.33. The van der Waals surface area contributed by atoms with E-state index in [4.69, 9.17) is 4.74 Å². The maximum Gasteiger partial charge on any atom is 0.309 e. The van der Waals surface area contributed by atoms with Crippen LogP contribution in [-0.2, 0) is 23.9 Å². The van der Waals surface area contributed by atoms with Crippen molar-refractivity contribution in [2.45, 2.75) is 146 Å². The van der Waals surface area contributed by atoms with Crippen molar-refractivity contribution in [2.24, 2.45) is 56.2 Å². The highest BCUT2D eigenvalue weighted by Crippen LogP contribution is 2.77. The minimum atomic E-state index is -1.17. The first-order valence-corrected chi connectivity index (χ1v) is 20.4. The standard InChI is InChI=1S/C43H68N2O7/c1-26(2)35-29(47)23-43(32(48)25-44-19-21-45(22-20-44)27(3)46)18-17-41(9)28(36(35)43)11-12-31-40(8)15-14-33(52-34(49)24-38(4,5)37(50)51)39(6,7)30(40)13-16-42(31,41)10/h26,28,30-33,48H,11-25H2,1-10H3,(H,50,51)/t28-,30?,31-,32-,33+,40+,41-,42-,43+/m1/s1. The summed E-state index contributed by atoms with van der Waals surface area (Å²) in [7, 11) is 0. The number of aliphatic carboxylic acids is 1. The molecule has 6 rings (SSSR count). The van der Waals surface area contributed by atoms with Crippen molar-refractivity contribution in [2.75, 3.05) is 32.7 Å². The first-order valence-electron chi connectivity index (χ1n) is 20.4. The highest BCUT2D eigenvalue weighted by atomic mass is 16.5. The fourth-order valence-corrected chi connectivity index (χ4v) is 13.6. The van der Waals surface area contributed by atoms with Crippen molar-refractivity contribution in [1.29, 1.82) is 0 Å². The Morgan fingerprint density at radius 2 is 1.54 bits per heavy atom. The van der Waals surface area contributed by atoms with E-state index in [-0.39, 0.29) is 57.7 Å². The van der Waals surface area contributed by atoms with Gasteiger partial charge in [0.1, 0.15) is 6.10 Å². The Morgan fingerprint density at radius 1 is 0.885 bits per heavy atom. The molecule has 0 spiro atoms. The van der Waals surface area contributed by atoms with Crippen LogP contribution in [0, 0.1) is 56.2 Å². The summed E-state index contributed by atoms with van der Waals surface area (Å²) < 4.78 is 6.16. The first-order chi connectivity index (χ1) is 24.0. The van der Waals surface area contributed by atoms with Gasteiger partial charge in [-0.2, -0.15) is 0 Å². The lowest BCUT2D eigenvalue weighted by molar-refractivity contribution is -0.235. The number of esters is 1. The molecule has 2 N–H and O–H groups in total. The minimum absolute atomic E-state index is 0.0177. The molecule has 1 aliphatic heterocycles. The van der Waals surface area contributed by atoms with Gasteiger partial charge in [-0.1, -0.05) is 54.0 Å². The third kappa shape index (κ3) is 5.92. The van der Waals surface area contributed by atoms with Gasteiger partial charge in [-0.25, -0.2) is 0 Å². The number of allylic oxidation sites excluding steroid dienone is 1. The average Bonchev–Trinajstić information content (AvgIpc) is 3.36. The normalized spacial score (nSPS) is 39.7. The number of hydrogen-bond acceptors (Lipinski definition) is 7. The Labute approximate surface area is 312 Å². The Kier molecular flexibility index (Phi) is 10.0. The zero-order chi connectivity index (χ0) is 38.4. The number of carbonyl (C=O) groups excluding carboxylic acids is 3. The smallest absolute Gasteiger partial charge is 0.309 e. The molecular formula is C43H68N2O7. The molecule has 4 saturated carbocycles. The summed E-state index contributed by atoms with van der Waals surface area (Å²) in [5.74, 6) is 0.125. The Hall–Kier alpha value is -2.26. The van der Waals surface area contributed by atoms with Crippen LogP contribution < -0.4 is 0 Å². The lowest BCUT2D eigenvalue weighted by Crippen LogP contribution is -2.66. The van der Waals surface area contributed by atoms with E-state index in [1.165, 1.54) is 5.57 Å². The minimum Gasteiger partial charge on any atom is -0.481 e. The Balaban J connectivity index is 1.27. The predicted molar refractivity (Wildman–Crippen MR) is 200 cm³/mol. The Morgan fingerprint density at radius 3 is 2.13 bits per heavy atom. The van der Waals surface area contributed by atoms with Crippen molar-refractivity contribution in [3.05, 3.63) is 11.1 Å². The van der Waals surface area contributed by atoms with Crippen LogP contribution in [0.15, 0.2) is 11.1 Å². The number of nitrogens with zero attached hydrogens (tertiary/aromatic N) is 2. The number of aliphatic hydroxyl groups is 1. The number of aliphatic hydroxyl groups excluding tert-OH is 1. The molecule has 0 aromatic rings. The quantitative estimate of drug-likeness (QED) is 0.259. The van der Waals surface area contributed by atoms with Gasteiger partial charge >= 0.3 is 11.9 Å². The van der Waals surface area contributed by atoms with Gasteiger partial charge in [0, 0.05) is 56.9 Å². The number of Topliss-reactive ketones (excluding diaryl/α,β-unsaturated/α-hetero) is 1. The van der Waals surface area contributed by atoms with E-state index in [1.54, 1.807) is 20.8 Å². The number of rotatable bonds is 8. The number of piperazine rings is 1. The molecule has 52 heavy (non-hydrogen) atoms. The van der Waals surface area contributed by atoms with Crippen LogP contribution in [0.1, 0.15) is 133 Å². The summed E-state index contributed by atoms with van der Waals surface area (Å²) in [4.78, 5) is 55.1. The molecule has 0 aromatic heterocycles. The van der Waals surface area contributed by atoms with Crippen LogP contribution in [-0.4, -0.2) is 88.6 Å². The maximum absolute atomic E-state index is 14.1. The summed E-state index contributed by atoms with van der Waals surface area (Å²) in [6, 6.07) is 0. The van der Waals surface area contributed by atoms with Gasteiger partial charge < -0.3 is 19.8 Å². The van der Waals surface area contributed by atoms with Crippen LogP contribution in [0.25, 0.3) is 0 Å². The topological polar surface area (TPSA) is 124 Å². The number of carboxylic acids is 1. The van der Waals surface area contributed by atoms with Gasteiger partial charge in [-0.3, -0.25) is 24.1 Å². The fraction of sp³-hybridized carbons (Fsp3) is 0.860. The molecule has 5 fully saturated rings. The SMILES string of the molecule is CC(=O)N1CCN(C[C@@H](O)[C@@]23CC[C@]4(C)[C@H](CC[C@@H]5[C@@]6(C)CC[C@H](OC(=O)CC(C)(C)C(=O)O)C(C)(C)C6CC[C@]54C)C2=C(C(C)C)C(=O)C3)CC1. The number of ketones is 1. The van der Waals surface area contributed by atoms with Crippen LogP contribution in [0.3, 0.4) is 0 Å². The third-order valence-electron chi connectivity index (χ3n) is 16.7. The lowest BCUT2D eigenvalue weighted by Gasteiger charge is -2.72. The molecule has 0 radical (unpaired) electrons. The molecule has 1 amide bonds. The monoisotopic (exact) mass is 725 g/mol. The van der Waals surface area contributed by atoms with Crippen molar-refractivity contribution in [1.82, 2.24) is 9.80 Å². The van der Waals surface area contributed by atoms with Crippen LogP contribution in [0.5, 0.6) is 0 Å². The summed E-state index contributed by atoms with van der Waals surface area (Å²) in [5, 5.41) is 21.9. The average molecular weight is 725 g/mol. The number of fused-ring (bicyclic) bond motifs is 7. The van der Waals surface area contributed by atoms with E-state index >= 15 is 0 Å². The summed E-state index contributed by atoms with van der Waals surface area (Å²) in [6.07, 6.45) is 7.19. The molecule has 1 unspecified atom stereocenters. The molecule has 1 heterocycles. The van der Waals surface area contributed by atoms with E-state index in [0.29, 0.717) is 37.9 Å². The van der Waals surface area contributed by atoms with E-state index in [0.717, 1.165) is 70.0 Å². The van der Waals surface area contributed by atoms with Crippen molar-refractivity contribution in [3.63, 3.8) is 0 Å². The summed E-state index contributed by atoms with van der Waals surface area (Å²) in [5.41, 5.74) is 0.438. The van der Waals surface area contributed by atoms with E-state index in [9.17, 15) is 29.4 Å². The number of β-amino-alcohol motifs (C(OH)–C–C–N with tert-alkyl or cyclic N) is 1. The van der Waals surface area contributed by atoms with E-state index < -0.39 is 28.9 Å². The highest BCUT2D eigenvalue weighted by Gasteiger charge is 2.71. The highest BCUT2D eigenvalue weighted by molar-refractivity contribution is 6.00. The maximum atomic E-state index is 14.1. The molecule has 1 saturated heterocycles. The summed E-state index contributed by atoms with van der Waals surface area (Å²) in [6.45, 7) is 24.6. The van der Waals surface area contributed by atoms with Gasteiger partial charge in [-0.15, -0.1) is 0 Å². The molecule has 292 valence electrons. The number of hydrogen-bond donors (Lipinski definition) is 2. The molecule has 0 bridgehead atoms. The first kappa shape index (κ1) is 39.4. The number of carboxylic acid groups (broad SMARTS) is 1. The van der Waals surface area contributed by atoms with E-state index in [1.807, 2.05) is 4.90 Å². The van der Waals surface area contributed by atoms with E-state index in [2.05, 4.69) is 53.4 Å². The third-order valence-corrected chi connectivity index (χ3v) is 16.7. The second-order valence-electron chi connectivity index (χ2n) is 20.4. The van der Waals surface area contributed by atoms with Gasteiger partial charge in [0.2, 0.25) is 5.91 Å². The van der Waals surface area contributed by atoms with Gasteiger partial charge in [0.25, 0.3) is 0 Å². The predicted octanol–water partition coefficient (Wildman–Crippen LogP) is 6.90. The van der Waals surface area contributed by atoms with Crippen LogP contribution >= 0.6 is 0 Å². The van der Waals surface area contributed by atoms with Crippen molar-refractivity contribution >= 4 is 23.6 Å². The molecule has 9 nitrogen and oxygen atoms in total. The van der Waals surface area contributed by atoms with Crippen LogP contribution in [0.2, 0.25) is 0 Å². The molecular weight excluding hydrogens is 656 g/mol. The number of carbonyl (C=O) groups is 4. The molecule has 5 aliphatic carbocycles. The van der Waals surface area contributed by atoms with Crippen LogP contribution in [0.4, 0.5) is 0 Å².